The van der Waals surface area contributed by atoms with Gasteiger partial charge in [-0.05, 0) is 46.2 Å². The highest BCUT2D eigenvalue weighted by Crippen LogP contribution is 2.27. The summed E-state index contributed by atoms with van der Waals surface area (Å²) < 4.78 is 7.43. The van der Waals surface area contributed by atoms with Crippen molar-refractivity contribution in [2.24, 2.45) is 4.99 Å². The van der Waals surface area contributed by atoms with Gasteiger partial charge in [0.05, 0.1) is 6.54 Å². The molecule has 0 saturated carbocycles. The van der Waals surface area contributed by atoms with Crippen molar-refractivity contribution in [3.63, 3.8) is 0 Å². The fourth-order valence-corrected chi connectivity index (χ4v) is 2.71. The number of nitrogens with one attached hydrogen (secondary N) is 2. The SMILES string of the molecule is CCNC(=NCC(C)(O)c1cc(C)oc1C)NCCCn1cccn1. The van der Waals surface area contributed by atoms with E-state index < -0.39 is 5.60 Å². The zero-order valence-electron chi connectivity index (χ0n) is 15.5. The minimum atomic E-state index is -1.07. The normalized spacial score (nSPS) is 14.4. The van der Waals surface area contributed by atoms with Crippen LogP contribution in [0.1, 0.15) is 37.4 Å². The summed E-state index contributed by atoms with van der Waals surface area (Å²) in [5, 5.41) is 21.4. The molecule has 0 bridgehead atoms. The molecule has 0 saturated heterocycles. The van der Waals surface area contributed by atoms with E-state index in [9.17, 15) is 5.11 Å². The molecule has 0 spiro atoms. The standard InChI is InChI=1S/C18H29N5O2/c1-5-19-17(20-8-6-10-23-11-7-9-22-23)21-13-18(4,24)16-12-14(2)25-15(16)3/h7,9,11-12,24H,5-6,8,10,13H2,1-4H3,(H2,19,20,21). The average Bonchev–Trinajstić information content (AvgIpc) is 3.18. The summed E-state index contributed by atoms with van der Waals surface area (Å²) in [5.74, 6) is 2.22. The highest BCUT2D eigenvalue weighted by atomic mass is 16.3. The second kappa shape index (κ2) is 8.71. The summed E-state index contributed by atoms with van der Waals surface area (Å²) in [7, 11) is 0. The van der Waals surface area contributed by atoms with Crippen molar-refractivity contribution in [1.29, 1.82) is 0 Å². The number of aromatic nitrogens is 2. The molecule has 0 aromatic carbocycles. The van der Waals surface area contributed by atoms with E-state index in [2.05, 4.69) is 20.7 Å². The maximum atomic E-state index is 10.8. The molecule has 2 rings (SSSR count). The Balaban J connectivity index is 1.90. The molecular formula is C18H29N5O2. The molecule has 3 N–H and O–H groups in total. The molecule has 1 unspecified atom stereocenters. The van der Waals surface area contributed by atoms with Gasteiger partial charge < -0.3 is 20.2 Å². The maximum absolute atomic E-state index is 10.8. The van der Waals surface area contributed by atoms with E-state index in [0.29, 0.717) is 5.96 Å². The van der Waals surface area contributed by atoms with Gasteiger partial charge in [-0.3, -0.25) is 4.68 Å². The third-order valence-electron chi connectivity index (χ3n) is 3.93. The van der Waals surface area contributed by atoms with Crippen molar-refractivity contribution in [2.75, 3.05) is 19.6 Å². The van der Waals surface area contributed by atoms with Gasteiger partial charge in [-0.2, -0.15) is 5.10 Å². The summed E-state index contributed by atoms with van der Waals surface area (Å²) in [6.45, 7) is 10.2. The molecule has 7 heteroatoms. The quantitative estimate of drug-likeness (QED) is 0.386. The number of furan rings is 1. The van der Waals surface area contributed by atoms with Crippen LogP contribution in [0.25, 0.3) is 0 Å². The summed E-state index contributed by atoms with van der Waals surface area (Å²) in [6, 6.07) is 3.79. The minimum absolute atomic E-state index is 0.251. The molecule has 0 radical (unpaired) electrons. The van der Waals surface area contributed by atoms with Crippen LogP contribution in [0.2, 0.25) is 0 Å². The molecule has 1 atom stereocenters. The first-order valence-corrected chi connectivity index (χ1v) is 8.72. The number of aliphatic imine (C=N–C) groups is 1. The van der Waals surface area contributed by atoms with Gasteiger partial charge in [0.25, 0.3) is 0 Å². The molecule has 7 nitrogen and oxygen atoms in total. The van der Waals surface area contributed by atoms with E-state index in [1.807, 2.05) is 43.8 Å². The van der Waals surface area contributed by atoms with Gasteiger partial charge in [0, 0.05) is 37.6 Å². The Hall–Kier alpha value is -2.28. The number of nitrogens with zero attached hydrogens (tertiary/aromatic N) is 3. The molecule has 2 aromatic rings. The lowest BCUT2D eigenvalue weighted by atomic mass is 9.96. The van der Waals surface area contributed by atoms with Gasteiger partial charge in [-0.25, -0.2) is 4.99 Å². The summed E-state index contributed by atoms with van der Waals surface area (Å²) >= 11 is 0. The van der Waals surface area contributed by atoms with Crippen LogP contribution in [0, 0.1) is 13.8 Å². The van der Waals surface area contributed by atoms with Gasteiger partial charge in [0.1, 0.15) is 17.1 Å². The molecule has 138 valence electrons. The van der Waals surface area contributed by atoms with Crippen LogP contribution in [0.4, 0.5) is 0 Å². The monoisotopic (exact) mass is 347 g/mol. The number of hydrogen-bond donors (Lipinski definition) is 3. The molecule has 0 aliphatic rings. The fourth-order valence-electron chi connectivity index (χ4n) is 2.71. The van der Waals surface area contributed by atoms with Crippen LogP contribution in [-0.4, -0.2) is 40.5 Å². The van der Waals surface area contributed by atoms with Crippen molar-refractivity contribution in [2.45, 2.75) is 46.3 Å². The van der Waals surface area contributed by atoms with Crippen LogP contribution < -0.4 is 10.6 Å². The molecule has 0 aliphatic carbocycles. The lowest BCUT2D eigenvalue weighted by molar-refractivity contribution is 0.0657. The maximum Gasteiger partial charge on any atom is 0.191 e. The van der Waals surface area contributed by atoms with E-state index in [-0.39, 0.29) is 6.54 Å². The zero-order valence-corrected chi connectivity index (χ0v) is 15.5. The van der Waals surface area contributed by atoms with Crippen LogP contribution in [0.5, 0.6) is 0 Å². The second-order valence-electron chi connectivity index (χ2n) is 6.35. The van der Waals surface area contributed by atoms with Crippen molar-refractivity contribution < 1.29 is 9.52 Å². The smallest absolute Gasteiger partial charge is 0.191 e. The predicted molar refractivity (Wildman–Crippen MR) is 98.6 cm³/mol. The summed E-state index contributed by atoms with van der Waals surface area (Å²) in [5.41, 5.74) is -0.289. The first kappa shape index (κ1) is 19.1. The van der Waals surface area contributed by atoms with Gasteiger partial charge in [0.2, 0.25) is 0 Å². The summed E-state index contributed by atoms with van der Waals surface area (Å²) in [4.78, 5) is 4.53. The highest BCUT2D eigenvalue weighted by Gasteiger charge is 2.27. The van der Waals surface area contributed by atoms with E-state index in [1.165, 1.54) is 0 Å². The van der Waals surface area contributed by atoms with Crippen LogP contribution in [0.15, 0.2) is 33.9 Å². The Morgan fingerprint density at radius 1 is 1.40 bits per heavy atom. The zero-order chi connectivity index (χ0) is 18.3. The van der Waals surface area contributed by atoms with E-state index in [1.54, 1.807) is 13.1 Å². The van der Waals surface area contributed by atoms with Crippen LogP contribution in [0.3, 0.4) is 0 Å². The first-order chi connectivity index (χ1) is 11.9. The Morgan fingerprint density at radius 3 is 2.80 bits per heavy atom. The Kier molecular flexibility index (Phi) is 6.64. The van der Waals surface area contributed by atoms with E-state index in [4.69, 9.17) is 4.42 Å². The second-order valence-corrected chi connectivity index (χ2v) is 6.35. The topological polar surface area (TPSA) is 87.6 Å². The van der Waals surface area contributed by atoms with Crippen LogP contribution >= 0.6 is 0 Å². The summed E-state index contributed by atoms with van der Waals surface area (Å²) in [6.07, 6.45) is 4.66. The number of aryl methyl sites for hydroxylation is 3. The Bertz CT molecular complexity index is 674. The first-order valence-electron chi connectivity index (χ1n) is 8.72. The molecule has 2 aromatic heterocycles. The molecule has 0 fully saturated rings. The molecule has 0 aliphatic heterocycles. The van der Waals surface area contributed by atoms with Crippen molar-refractivity contribution >= 4 is 5.96 Å². The number of aliphatic hydroxyl groups is 1. The van der Waals surface area contributed by atoms with E-state index in [0.717, 1.165) is 43.1 Å². The number of hydrogen-bond acceptors (Lipinski definition) is 4. The molecule has 2 heterocycles. The Morgan fingerprint density at radius 2 is 2.20 bits per heavy atom. The number of rotatable bonds is 8. The third-order valence-corrected chi connectivity index (χ3v) is 3.93. The molecule has 0 amide bonds. The molecule has 25 heavy (non-hydrogen) atoms. The van der Waals surface area contributed by atoms with E-state index >= 15 is 0 Å². The number of guanidine groups is 1. The lowest BCUT2D eigenvalue weighted by Gasteiger charge is -2.21. The van der Waals surface area contributed by atoms with Gasteiger partial charge in [-0.1, -0.05) is 0 Å². The van der Waals surface area contributed by atoms with Crippen molar-refractivity contribution in [3.8, 4) is 0 Å². The Labute approximate surface area is 149 Å². The van der Waals surface area contributed by atoms with Crippen LogP contribution in [-0.2, 0) is 12.1 Å². The molecular weight excluding hydrogens is 318 g/mol. The largest absolute Gasteiger partial charge is 0.466 e. The lowest BCUT2D eigenvalue weighted by Crippen LogP contribution is -2.39. The predicted octanol–water partition coefficient (Wildman–Crippen LogP) is 1.95. The van der Waals surface area contributed by atoms with Gasteiger partial charge in [-0.15, -0.1) is 0 Å². The minimum Gasteiger partial charge on any atom is -0.466 e. The third kappa shape index (κ3) is 5.63. The fraction of sp³-hybridized carbons (Fsp3) is 0.556. The van der Waals surface area contributed by atoms with Gasteiger partial charge in [0.15, 0.2) is 5.96 Å². The average molecular weight is 347 g/mol. The van der Waals surface area contributed by atoms with Gasteiger partial charge >= 0.3 is 0 Å². The highest BCUT2D eigenvalue weighted by molar-refractivity contribution is 5.79. The van der Waals surface area contributed by atoms with Crippen molar-refractivity contribution in [1.82, 2.24) is 20.4 Å². The van der Waals surface area contributed by atoms with Crippen molar-refractivity contribution in [3.05, 3.63) is 41.6 Å².